The minimum atomic E-state index is -4.21. The van der Waals surface area contributed by atoms with Gasteiger partial charge >= 0.3 is 5.97 Å². The molecule has 0 saturated carbocycles. The number of halogens is 1. The average Bonchev–Trinajstić information content (AvgIpc) is 2.61. The summed E-state index contributed by atoms with van der Waals surface area (Å²) in [6.07, 6.45) is 0.264. The molecule has 0 aliphatic rings. The predicted octanol–water partition coefficient (Wildman–Crippen LogP) is 2.06. The van der Waals surface area contributed by atoms with Crippen molar-refractivity contribution < 1.29 is 32.2 Å². The minimum Gasteiger partial charge on any atom is -0.493 e. The van der Waals surface area contributed by atoms with Gasteiger partial charge < -0.3 is 14.6 Å². The summed E-state index contributed by atoms with van der Waals surface area (Å²) in [5, 5.41) is 8.93. The predicted molar refractivity (Wildman–Crippen MR) is 91.8 cm³/mol. The molecule has 0 aliphatic carbocycles. The Morgan fingerprint density at radius 2 is 1.92 bits per heavy atom. The number of methoxy groups -OCH3 is 2. The molecule has 0 heterocycles. The molecule has 0 saturated heterocycles. The van der Waals surface area contributed by atoms with E-state index >= 15 is 0 Å². The third kappa shape index (κ3) is 4.30. The molecule has 2 rings (SSSR count). The molecule has 7 nitrogen and oxygen atoms in total. The molecule has 0 fully saturated rings. The summed E-state index contributed by atoms with van der Waals surface area (Å²) in [6, 6.07) is 7.79. The molecule has 0 aliphatic heterocycles. The first-order valence-corrected chi connectivity index (χ1v) is 9.01. The summed E-state index contributed by atoms with van der Waals surface area (Å²) < 4.78 is 51.1. The summed E-state index contributed by atoms with van der Waals surface area (Å²) in [7, 11) is -1.25. The number of nitrogens with one attached hydrogen (secondary N) is 1. The van der Waals surface area contributed by atoms with Crippen LogP contribution in [-0.4, -0.2) is 40.3 Å². The third-order valence-electron chi connectivity index (χ3n) is 3.64. The van der Waals surface area contributed by atoms with Crippen LogP contribution in [0.3, 0.4) is 0 Å². The van der Waals surface area contributed by atoms with Crippen LogP contribution < -0.4 is 14.2 Å². The van der Waals surface area contributed by atoms with Crippen LogP contribution in [0.5, 0.6) is 11.5 Å². The molecule has 9 heteroatoms. The first-order chi connectivity index (χ1) is 12.3. The number of sulfonamides is 1. The molecule has 2 aromatic carbocycles. The van der Waals surface area contributed by atoms with Crippen LogP contribution in [-0.2, 0) is 16.4 Å². The average molecular weight is 383 g/mol. The van der Waals surface area contributed by atoms with E-state index in [2.05, 4.69) is 4.72 Å². The molecule has 0 bridgehead atoms. The quantitative estimate of drug-likeness (QED) is 0.724. The van der Waals surface area contributed by atoms with E-state index in [4.69, 9.17) is 14.6 Å². The normalized spacial score (nSPS) is 11.2. The van der Waals surface area contributed by atoms with E-state index in [1.54, 1.807) is 18.2 Å². The van der Waals surface area contributed by atoms with Crippen molar-refractivity contribution in [2.24, 2.45) is 0 Å². The van der Waals surface area contributed by atoms with Gasteiger partial charge in [-0.05, 0) is 36.2 Å². The van der Waals surface area contributed by atoms with Crippen LogP contribution >= 0.6 is 0 Å². The first kappa shape index (κ1) is 19.7. The van der Waals surface area contributed by atoms with Crippen molar-refractivity contribution >= 4 is 16.0 Å². The Morgan fingerprint density at radius 3 is 2.54 bits per heavy atom. The van der Waals surface area contributed by atoms with Gasteiger partial charge in [-0.1, -0.05) is 12.1 Å². The third-order valence-corrected chi connectivity index (χ3v) is 5.11. The molecule has 26 heavy (non-hydrogen) atoms. The first-order valence-electron chi connectivity index (χ1n) is 7.52. The van der Waals surface area contributed by atoms with Gasteiger partial charge in [-0.2, -0.15) is 0 Å². The number of hydrogen-bond acceptors (Lipinski definition) is 5. The largest absolute Gasteiger partial charge is 0.493 e. The van der Waals surface area contributed by atoms with E-state index in [1.807, 2.05) is 0 Å². The Hall–Kier alpha value is -2.65. The standard InChI is InChI=1S/C17H18FNO6S/c1-24-14-5-3-4-11(16(14)25-2)8-9-19-26(22,23)15-10-12(17(20)21)6-7-13(15)18/h3-7,10,19H,8-9H2,1-2H3,(H,20,21). The van der Waals surface area contributed by atoms with Crippen LogP contribution in [0.15, 0.2) is 41.3 Å². The Bertz CT molecular complexity index is 913. The smallest absolute Gasteiger partial charge is 0.335 e. The van der Waals surface area contributed by atoms with E-state index in [0.717, 1.165) is 18.2 Å². The number of carboxylic acid groups (broad SMARTS) is 1. The highest BCUT2D eigenvalue weighted by Gasteiger charge is 2.21. The second kappa shape index (κ2) is 8.15. The molecule has 0 amide bonds. The van der Waals surface area contributed by atoms with Gasteiger partial charge in [0.05, 0.1) is 19.8 Å². The summed E-state index contributed by atoms with van der Waals surface area (Å²) in [5.41, 5.74) is 0.385. The van der Waals surface area contributed by atoms with Crippen molar-refractivity contribution in [1.82, 2.24) is 4.72 Å². The van der Waals surface area contributed by atoms with Gasteiger partial charge in [-0.25, -0.2) is 22.3 Å². The van der Waals surface area contributed by atoms with E-state index in [9.17, 15) is 17.6 Å². The zero-order valence-electron chi connectivity index (χ0n) is 14.2. The number of aromatic carboxylic acids is 1. The molecular formula is C17H18FNO6S. The lowest BCUT2D eigenvalue weighted by Gasteiger charge is -2.13. The Kier molecular flexibility index (Phi) is 6.17. The van der Waals surface area contributed by atoms with Crippen LogP contribution in [0, 0.1) is 5.82 Å². The van der Waals surface area contributed by atoms with Gasteiger partial charge in [0.25, 0.3) is 0 Å². The summed E-state index contributed by atoms with van der Waals surface area (Å²) in [5.74, 6) is -1.38. The van der Waals surface area contributed by atoms with Crippen molar-refractivity contribution in [3.8, 4) is 11.5 Å². The molecule has 2 aromatic rings. The SMILES string of the molecule is COc1cccc(CCNS(=O)(=O)c2cc(C(=O)O)ccc2F)c1OC. The van der Waals surface area contributed by atoms with Gasteiger partial charge in [-0.3, -0.25) is 0 Å². The Morgan fingerprint density at radius 1 is 1.19 bits per heavy atom. The molecule has 0 atom stereocenters. The van der Waals surface area contributed by atoms with Crippen molar-refractivity contribution in [2.75, 3.05) is 20.8 Å². The van der Waals surface area contributed by atoms with Gasteiger partial charge in [0, 0.05) is 6.54 Å². The van der Waals surface area contributed by atoms with Crippen molar-refractivity contribution in [3.63, 3.8) is 0 Å². The monoisotopic (exact) mass is 383 g/mol. The molecule has 0 aromatic heterocycles. The number of para-hydroxylation sites is 1. The highest BCUT2D eigenvalue weighted by Crippen LogP contribution is 2.30. The molecule has 0 unspecified atom stereocenters. The van der Waals surface area contributed by atoms with Gasteiger partial charge in [0.1, 0.15) is 10.7 Å². The lowest BCUT2D eigenvalue weighted by molar-refractivity contribution is 0.0696. The molecule has 0 spiro atoms. The van der Waals surface area contributed by atoms with Crippen molar-refractivity contribution in [2.45, 2.75) is 11.3 Å². The second-order valence-corrected chi connectivity index (χ2v) is 6.99. The number of ether oxygens (including phenoxy) is 2. The van der Waals surface area contributed by atoms with Crippen molar-refractivity contribution in [1.29, 1.82) is 0 Å². The Balaban J connectivity index is 2.17. The lowest BCUT2D eigenvalue weighted by atomic mass is 10.1. The van der Waals surface area contributed by atoms with Gasteiger partial charge in [-0.15, -0.1) is 0 Å². The van der Waals surface area contributed by atoms with E-state index in [-0.39, 0.29) is 18.5 Å². The van der Waals surface area contributed by atoms with E-state index in [0.29, 0.717) is 17.1 Å². The van der Waals surface area contributed by atoms with Crippen LogP contribution in [0.2, 0.25) is 0 Å². The maximum Gasteiger partial charge on any atom is 0.335 e. The zero-order valence-corrected chi connectivity index (χ0v) is 15.0. The van der Waals surface area contributed by atoms with Crippen LogP contribution in [0.25, 0.3) is 0 Å². The van der Waals surface area contributed by atoms with Gasteiger partial charge in [0.2, 0.25) is 10.0 Å². The molecular weight excluding hydrogens is 365 g/mol. The molecule has 0 radical (unpaired) electrons. The summed E-state index contributed by atoms with van der Waals surface area (Å²) >= 11 is 0. The summed E-state index contributed by atoms with van der Waals surface area (Å²) in [6.45, 7) is -0.0391. The van der Waals surface area contributed by atoms with Gasteiger partial charge in [0.15, 0.2) is 11.5 Å². The number of carboxylic acids is 1. The minimum absolute atomic E-state index is 0.0391. The Labute approximate surface area is 150 Å². The fourth-order valence-electron chi connectivity index (χ4n) is 2.39. The number of hydrogen-bond donors (Lipinski definition) is 2. The van der Waals surface area contributed by atoms with E-state index in [1.165, 1.54) is 14.2 Å². The maximum atomic E-state index is 13.8. The molecule has 2 N–H and O–H groups in total. The fraction of sp³-hybridized carbons (Fsp3) is 0.235. The fourth-order valence-corrected chi connectivity index (χ4v) is 3.52. The highest BCUT2D eigenvalue weighted by molar-refractivity contribution is 7.89. The number of rotatable bonds is 8. The second-order valence-electron chi connectivity index (χ2n) is 5.25. The topological polar surface area (TPSA) is 102 Å². The number of benzene rings is 2. The highest BCUT2D eigenvalue weighted by atomic mass is 32.2. The molecule has 140 valence electrons. The van der Waals surface area contributed by atoms with Crippen LogP contribution in [0.4, 0.5) is 4.39 Å². The van der Waals surface area contributed by atoms with E-state index < -0.39 is 26.7 Å². The lowest BCUT2D eigenvalue weighted by Crippen LogP contribution is -2.27. The number of carbonyl (C=O) groups is 1. The van der Waals surface area contributed by atoms with Crippen molar-refractivity contribution in [3.05, 3.63) is 53.3 Å². The summed E-state index contributed by atoms with van der Waals surface area (Å²) in [4.78, 5) is 10.2. The zero-order chi connectivity index (χ0) is 19.3. The van der Waals surface area contributed by atoms with Crippen LogP contribution in [0.1, 0.15) is 15.9 Å². The maximum absolute atomic E-state index is 13.8.